The van der Waals surface area contributed by atoms with E-state index in [-0.39, 0.29) is 6.42 Å². The minimum atomic E-state index is -1.07. The van der Waals surface area contributed by atoms with Crippen LogP contribution in [0.4, 0.5) is 0 Å². The molecule has 0 aromatic heterocycles. The van der Waals surface area contributed by atoms with Crippen molar-refractivity contribution in [2.45, 2.75) is 26.0 Å². The summed E-state index contributed by atoms with van der Waals surface area (Å²) in [5.74, 6) is 1.24. The van der Waals surface area contributed by atoms with Crippen LogP contribution in [0.25, 0.3) is 0 Å². The summed E-state index contributed by atoms with van der Waals surface area (Å²) >= 11 is 0. The first-order valence-corrected chi connectivity index (χ1v) is 8.04. The zero-order chi connectivity index (χ0) is 18.1. The Balaban J connectivity index is 1.37. The second-order valence-corrected chi connectivity index (χ2v) is 5.73. The number of rotatable bonds is 3. The zero-order valence-electron chi connectivity index (χ0n) is 13.9. The number of ether oxygens (including phenoxy) is 4. The number of fused-ring (bicyclic) bond motifs is 2. The van der Waals surface area contributed by atoms with Gasteiger partial charge in [0.2, 0.25) is 18.1 Å². The van der Waals surface area contributed by atoms with Gasteiger partial charge in [0.05, 0.1) is 0 Å². The van der Waals surface area contributed by atoms with Crippen molar-refractivity contribution in [3.63, 3.8) is 0 Å². The van der Waals surface area contributed by atoms with Gasteiger partial charge in [-0.25, -0.2) is 0 Å². The molecule has 0 bridgehead atoms. The van der Waals surface area contributed by atoms with E-state index in [1.165, 1.54) is 6.92 Å². The highest BCUT2D eigenvalue weighted by Gasteiger charge is 2.34. The smallest absolute Gasteiger partial charge is 0.348 e. The van der Waals surface area contributed by atoms with Crippen molar-refractivity contribution in [2.75, 3.05) is 0 Å². The zero-order valence-corrected chi connectivity index (χ0v) is 13.9. The molecule has 0 radical (unpaired) electrons. The van der Waals surface area contributed by atoms with Gasteiger partial charge in [0.1, 0.15) is 6.42 Å². The molecule has 2 aliphatic heterocycles. The van der Waals surface area contributed by atoms with E-state index in [0.29, 0.717) is 23.0 Å². The highest BCUT2D eigenvalue weighted by atomic mass is 16.7. The molecule has 0 atom stereocenters. The topological polar surface area (TPSA) is 86.3 Å². The summed E-state index contributed by atoms with van der Waals surface area (Å²) in [5.41, 5.74) is 2.48. The van der Waals surface area contributed by atoms with Gasteiger partial charge in [-0.15, -0.1) is 0 Å². The summed E-state index contributed by atoms with van der Waals surface area (Å²) in [6, 6.07) is 14.1. The van der Waals surface area contributed by atoms with Crippen LogP contribution in [0.5, 0.6) is 23.0 Å². The van der Waals surface area contributed by atoms with Crippen LogP contribution in [0.2, 0.25) is 0 Å². The maximum Gasteiger partial charge on any atom is 0.348 e. The van der Waals surface area contributed by atoms with Gasteiger partial charge < -0.3 is 18.9 Å². The number of nitrogens with one attached hydrogen (secondary N) is 1. The predicted molar refractivity (Wildman–Crippen MR) is 88.3 cm³/mol. The van der Waals surface area contributed by atoms with E-state index in [1.54, 1.807) is 36.4 Å². The molecule has 26 heavy (non-hydrogen) atoms. The summed E-state index contributed by atoms with van der Waals surface area (Å²) in [6.45, 7) is 1.30. The fourth-order valence-corrected chi connectivity index (χ4v) is 2.64. The summed E-state index contributed by atoms with van der Waals surface area (Å²) in [6.07, 6.45) is -1.93. The third-order valence-corrected chi connectivity index (χ3v) is 3.82. The van der Waals surface area contributed by atoms with Gasteiger partial charge in [0.15, 0.2) is 23.0 Å². The van der Waals surface area contributed by atoms with Gasteiger partial charge in [-0.1, -0.05) is 24.3 Å². The lowest BCUT2D eigenvalue weighted by atomic mass is 10.3. The van der Waals surface area contributed by atoms with E-state index in [1.807, 2.05) is 12.1 Å². The summed E-state index contributed by atoms with van der Waals surface area (Å²) < 4.78 is 22.2. The molecule has 2 aromatic carbocycles. The Morgan fingerprint density at radius 3 is 1.81 bits per heavy atom. The molecule has 4 rings (SSSR count). The molecule has 0 unspecified atom stereocenters. The standard InChI is InChI=1S/C18H16N2O6/c1-11(21)20(18-25-14-8-4-5-9-15(14)26-18)19-16(22)10-17-23-12-6-2-3-7-13(12)24-17/h2-9,17-18H,10H2,1H3,(H,19,22). The van der Waals surface area contributed by atoms with Crippen molar-refractivity contribution in [3.05, 3.63) is 48.5 Å². The second-order valence-electron chi connectivity index (χ2n) is 5.73. The van der Waals surface area contributed by atoms with Gasteiger partial charge in [-0.2, -0.15) is 5.01 Å². The normalized spacial score (nSPS) is 15.0. The van der Waals surface area contributed by atoms with Crippen molar-refractivity contribution in [3.8, 4) is 23.0 Å². The van der Waals surface area contributed by atoms with Crippen molar-refractivity contribution in [1.82, 2.24) is 10.4 Å². The van der Waals surface area contributed by atoms with Gasteiger partial charge in [0.25, 0.3) is 0 Å². The Hall–Kier alpha value is -3.42. The number of nitrogens with zero attached hydrogens (tertiary/aromatic N) is 1. The van der Waals surface area contributed by atoms with Crippen molar-refractivity contribution in [2.24, 2.45) is 0 Å². The number of hydrogen-bond donors (Lipinski definition) is 1. The summed E-state index contributed by atoms with van der Waals surface area (Å²) in [5, 5.41) is 0.991. The van der Waals surface area contributed by atoms with Crippen LogP contribution in [0.3, 0.4) is 0 Å². The van der Waals surface area contributed by atoms with Crippen molar-refractivity contribution in [1.29, 1.82) is 0 Å². The van der Waals surface area contributed by atoms with Crippen molar-refractivity contribution >= 4 is 11.8 Å². The van der Waals surface area contributed by atoms with E-state index in [2.05, 4.69) is 5.43 Å². The molecular formula is C18H16N2O6. The molecule has 8 heteroatoms. The SMILES string of the molecule is CC(=O)N(NC(=O)CC1Oc2ccccc2O1)C1Oc2ccccc2O1. The number of carbonyl (C=O) groups excluding carboxylic acids is 2. The van der Waals surface area contributed by atoms with Crippen LogP contribution < -0.4 is 24.4 Å². The minimum Gasteiger partial charge on any atom is -0.450 e. The van der Waals surface area contributed by atoms with Crippen LogP contribution in [-0.4, -0.2) is 29.5 Å². The Morgan fingerprint density at radius 1 is 0.885 bits per heavy atom. The number of amides is 2. The Morgan fingerprint density at radius 2 is 1.35 bits per heavy atom. The van der Waals surface area contributed by atoms with Gasteiger partial charge in [-0.05, 0) is 24.3 Å². The first-order valence-electron chi connectivity index (χ1n) is 8.04. The lowest BCUT2D eigenvalue weighted by Gasteiger charge is -2.26. The van der Waals surface area contributed by atoms with E-state index in [9.17, 15) is 9.59 Å². The van der Waals surface area contributed by atoms with Crippen molar-refractivity contribution < 1.29 is 28.5 Å². The highest BCUT2D eigenvalue weighted by molar-refractivity contribution is 5.81. The fraction of sp³-hybridized carbons (Fsp3) is 0.222. The molecule has 0 spiro atoms. The molecule has 0 aliphatic carbocycles. The largest absolute Gasteiger partial charge is 0.450 e. The molecule has 134 valence electrons. The number of benzene rings is 2. The second kappa shape index (κ2) is 6.47. The minimum absolute atomic E-state index is 0.0991. The molecule has 0 fully saturated rings. The Kier molecular flexibility index (Phi) is 4.00. The molecular weight excluding hydrogens is 340 g/mol. The fourth-order valence-electron chi connectivity index (χ4n) is 2.64. The number of carbonyl (C=O) groups is 2. The van der Waals surface area contributed by atoms with Gasteiger partial charge in [-0.3, -0.25) is 15.0 Å². The van der Waals surface area contributed by atoms with E-state index >= 15 is 0 Å². The monoisotopic (exact) mass is 356 g/mol. The Labute approximate surface area is 149 Å². The van der Waals surface area contributed by atoms with E-state index < -0.39 is 24.5 Å². The Bertz CT molecular complexity index is 805. The van der Waals surface area contributed by atoms with Gasteiger partial charge in [0, 0.05) is 6.92 Å². The average molecular weight is 356 g/mol. The lowest BCUT2D eigenvalue weighted by Crippen LogP contribution is -2.55. The maximum atomic E-state index is 12.3. The lowest BCUT2D eigenvalue weighted by molar-refractivity contribution is -0.168. The molecule has 2 aromatic rings. The molecule has 1 N–H and O–H groups in total. The van der Waals surface area contributed by atoms with E-state index in [0.717, 1.165) is 5.01 Å². The number of para-hydroxylation sites is 4. The molecule has 2 heterocycles. The van der Waals surface area contributed by atoms with E-state index in [4.69, 9.17) is 18.9 Å². The first kappa shape index (κ1) is 16.1. The third-order valence-electron chi connectivity index (χ3n) is 3.82. The van der Waals surface area contributed by atoms with Crippen LogP contribution in [0, 0.1) is 0 Å². The number of hydrazine groups is 1. The predicted octanol–water partition coefficient (Wildman–Crippen LogP) is 1.81. The van der Waals surface area contributed by atoms with Gasteiger partial charge >= 0.3 is 6.41 Å². The maximum absolute atomic E-state index is 12.3. The van der Waals surface area contributed by atoms with Crippen LogP contribution in [-0.2, 0) is 9.59 Å². The van der Waals surface area contributed by atoms with Crippen LogP contribution >= 0.6 is 0 Å². The molecule has 0 saturated carbocycles. The molecule has 2 amide bonds. The highest BCUT2D eigenvalue weighted by Crippen LogP contribution is 2.35. The third kappa shape index (κ3) is 3.08. The van der Waals surface area contributed by atoms with Crippen LogP contribution in [0.15, 0.2) is 48.5 Å². The summed E-state index contributed by atoms with van der Waals surface area (Å²) in [4.78, 5) is 24.2. The molecule has 8 nitrogen and oxygen atoms in total. The quantitative estimate of drug-likeness (QED) is 0.844. The van der Waals surface area contributed by atoms with Crippen LogP contribution in [0.1, 0.15) is 13.3 Å². The first-order chi connectivity index (χ1) is 12.6. The molecule has 2 aliphatic rings. The summed E-state index contributed by atoms with van der Waals surface area (Å²) in [7, 11) is 0. The average Bonchev–Trinajstić information content (AvgIpc) is 3.22. The number of hydrogen-bond acceptors (Lipinski definition) is 6. The molecule has 0 saturated heterocycles.